The standard InChI is InChI=1S/C20H36O4/c1-3-5-7-8-9-10-11-17-20(23)24-18(14-6-4-2)15-12-13-16-19(21)22/h8-9,18H,3-7,10-17H2,1-2H3,(H,21,22)/b9-8+. The van der Waals surface area contributed by atoms with Crippen molar-refractivity contribution in [3.8, 4) is 0 Å². The number of hydrogen-bond donors (Lipinski definition) is 1. The van der Waals surface area contributed by atoms with Gasteiger partial charge >= 0.3 is 11.9 Å². The molecule has 24 heavy (non-hydrogen) atoms. The molecule has 1 N–H and O–H groups in total. The number of carboxylic acids is 1. The van der Waals surface area contributed by atoms with Gasteiger partial charge in [0.2, 0.25) is 0 Å². The Morgan fingerprint density at radius 3 is 2.12 bits per heavy atom. The molecule has 0 radical (unpaired) electrons. The van der Waals surface area contributed by atoms with Crippen LogP contribution in [0, 0.1) is 0 Å². The lowest BCUT2D eigenvalue weighted by atomic mass is 10.0. The fraction of sp³-hybridized carbons (Fsp3) is 0.800. The van der Waals surface area contributed by atoms with Crippen LogP contribution in [0.25, 0.3) is 0 Å². The van der Waals surface area contributed by atoms with E-state index in [1.54, 1.807) is 0 Å². The molecule has 0 fully saturated rings. The Hall–Kier alpha value is -1.32. The normalized spacial score (nSPS) is 12.4. The van der Waals surface area contributed by atoms with Gasteiger partial charge in [-0.3, -0.25) is 9.59 Å². The van der Waals surface area contributed by atoms with E-state index < -0.39 is 5.97 Å². The summed E-state index contributed by atoms with van der Waals surface area (Å²) in [5.41, 5.74) is 0. The van der Waals surface area contributed by atoms with Crippen molar-refractivity contribution in [2.75, 3.05) is 0 Å². The summed E-state index contributed by atoms with van der Waals surface area (Å²) in [6.45, 7) is 4.30. The molecule has 0 aliphatic carbocycles. The molecule has 0 heterocycles. The molecule has 1 atom stereocenters. The summed E-state index contributed by atoms with van der Waals surface area (Å²) in [6.07, 6.45) is 15.5. The van der Waals surface area contributed by atoms with Crippen molar-refractivity contribution in [3.63, 3.8) is 0 Å². The van der Waals surface area contributed by atoms with Crippen LogP contribution in [0.2, 0.25) is 0 Å². The van der Waals surface area contributed by atoms with Crippen molar-refractivity contribution in [1.29, 1.82) is 0 Å². The number of carboxylic acid groups (broad SMARTS) is 1. The highest BCUT2D eigenvalue weighted by atomic mass is 16.5. The van der Waals surface area contributed by atoms with Gasteiger partial charge in [0.1, 0.15) is 6.10 Å². The van der Waals surface area contributed by atoms with E-state index in [1.807, 2.05) is 0 Å². The van der Waals surface area contributed by atoms with Crippen LogP contribution in [0.5, 0.6) is 0 Å². The van der Waals surface area contributed by atoms with Crippen LogP contribution in [-0.4, -0.2) is 23.1 Å². The Kier molecular flexibility index (Phi) is 15.6. The van der Waals surface area contributed by atoms with Gasteiger partial charge in [-0.1, -0.05) is 51.7 Å². The van der Waals surface area contributed by atoms with Crippen LogP contribution >= 0.6 is 0 Å². The number of aliphatic carboxylic acids is 1. The highest BCUT2D eigenvalue weighted by Gasteiger charge is 2.14. The van der Waals surface area contributed by atoms with Crippen molar-refractivity contribution < 1.29 is 19.4 Å². The van der Waals surface area contributed by atoms with Gasteiger partial charge in [-0.05, 0) is 44.9 Å². The fourth-order valence-corrected chi connectivity index (χ4v) is 2.51. The topological polar surface area (TPSA) is 63.6 Å². The first-order chi connectivity index (χ1) is 11.6. The third-order valence-electron chi connectivity index (χ3n) is 3.99. The Morgan fingerprint density at radius 1 is 0.875 bits per heavy atom. The number of carbonyl (C=O) groups excluding carboxylic acids is 1. The molecule has 140 valence electrons. The molecule has 0 saturated carbocycles. The molecular weight excluding hydrogens is 304 g/mol. The predicted molar refractivity (Wildman–Crippen MR) is 98.0 cm³/mol. The summed E-state index contributed by atoms with van der Waals surface area (Å²) >= 11 is 0. The molecule has 0 bridgehead atoms. The van der Waals surface area contributed by atoms with Crippen molar-refractivity contribution in [2.24, 2.45) is 0 Å². The molecule has 4 nitrogen and oxygen atoms in total. The minimum absolute atomic E-state index is 0.0497. The molecule has 0 saturated heterocycles. The summed E-state index contributed by atoms with van der Waals surface area (Å²) in [6, 6.07) is 0. The average molecular weight is 341 g/mol. The van der Waals surface area contributed by atoms with Crippen molar-refractivity contribution in [2.45, 2.75) is 103 Å². The molecule has 0 aromatic rings. The third kappa shape index (κ3) is 15.6. The van der Waals surface area contributed by atoms with Crippen molar-refractivity contribution in [3.05, 3.63) is 12.2 Å². The minimum atomic E-state index is -0.760. The highest BCUT2D eigenvalue weighted by molar-refractivity contribution is 5.69. The van der Waals surface area contributed by atoms with Crippen LogP contribution in [0.3, 0.4) is 0 Å². The van der Waals surface area contributed by atoms with Crippen LogP contribution in [0.1, 0.15) is 97.3 Å². The first-order valence-electron chi connectivity index (χ1n) is 9.66. The zero-order valence-electron chi connectivity index (χ0n) is 15.6. The van der Waals surface area contributed by atoms with Crippen molar-refractivity contribution >= 4 is 11.9 Å². The van der Waals surface area contributed by atoms with Gasteiger partial charge in [-0.25, -0.2) is 0 Å². The smallest absolute Gasteiger partial charge is 0.306 e. The van der Waals surface area contributed by atoms with Crippen LogP contribution in [-0.2, 0) is 14.3 Å². The van der Waals surface area contributed by atoms with E-state index in [-0.39, 0.29) is 18.5 Å². The van der Waals surface area contributed by atoms with Crippen LogP contribution in [0.15, 0.2) is 12.2 Å². The zero-order chi connectivity index (χ0) is 18.0. The van der Waals surface area contributed by atoms with Gasteiger partial charge in [-0.2, -0.15) is 0 Å². The molecule has 0 aromatic carbocycles. The lowest BCUT2D eigenvalue weighted by Crippen LogP contribution is -2.18. The fourth-order valence-electron chi connectivity index (χ4n) is 2.51. The number of esters is 1. The lowest BCUT2D eigenvalue weighted by Gasteiger charge is -2.17. The van der Waals surface area contributed by atoms with E-state index in [0.29, 0.717) is 12.8 Å². The van der Waals surface area contributed by atoms with Crippen LogP contribution < -0.4 is 0 Å². The van der Waals surface area contributed by atoms with E-state index >= 15 is 0 Å². The molecule has 0 spiro atoms. The Labute approximate surface area is 147 Å². The van der Waals surface area contributed by atoms with Crippen LogP contribution in [0.4, 0.5) is 0 Å². The number of allylic oxidation sites excluding steroid dienone is 2. The maximum atomic E-state index is 12.0. The van der Waals surface area contributed by atoms with Gasteiger partial charge in [0.05, 0.1) is 0 Å². The van der Waals surface area contributed by atoms with E-state index in [9.17, 15) is 9.59 Å². The predicted octanol–water partition coefficient (Wildman–Crippen LogP) is 5.65. The molecule has 0 rings (SSSR count). The molecule has 1 unspecified atom stereocenters. The third-order valence-corrected chi connectivity index (χ3v) is 3.99. The molecular formula is C20H36O4. The van der Waals surface area contributed by atoms with Gasteiger partial charge < -0.3 is 9.84 Å². The van der Waals surface area contributed by atoms with Gasteiger partial charge in [-0.15, -0.1) is 0 Å². The first kappa shape index (κ1) is 22.7. The summed E-state index contributed by atoms with van der Waals surface area (Å²) in [4.78, 5) is 22.5. The van der Waals surface area contributed by atoms with Crippen molar-refractivity contribution in [1.82, 2.24) is 0 Å². The summed E-state index contributed by atoms with van der Waals surface area (Å²) in [7, 11) is 0. The second-order valence-electron chi connectivity index (χ2n) is 6.40. The summed E-state index contributed by atoms with van der Waals surface area (Å²) in [5.74, 6) is -0.875. The molecule has 4 heteroatoms. The minimum Gasteiger partial charge on any atom is -0.481 e. The van der Waals surface area contributed by atoms with E-state index in [1.165, 1.54) is 12.8 Å². The van der Waals surface area contributed by atoms with Gasteiger partial charge in [0.15, 0.2) is 0 Å². The number of rotatable bonds is 16. The highest BCUT2D eigenvalue weighted by Crippen LogP contribution is 2.15. The molecule has 0 amide bonds. The Bertz CT molecular complexity index is 350. The largest absolute Gasteiger partial charge is 0.481 e. The lowest BCUT2D eigenvalue weighted by molar-refractivity contribution is -0.150. The summed E-state index contributed by atoms with van der Waals surface area (Å²) in [5, 5.41) is 8.66. The quantitative estimate of drug-likeness (QED) is 0.224. The van der Waals surface area contributed by atoms with E-state index in [0.717, 1.165) is 51.4 Å². The molecule has 0 aliphatic heterocycles. The number of ether oxygens (including phenoxy) is 1. The SMILES string of the molecule is CCCC/C=C/CCCC(=O)OC(CCCC)CCCCC(=O)O. The average Bonchev–Trinajstić information content (AvgIpc) is 2.55. The zero-order valence-corrected chi connectivity index (χ0v) is 15.6. The maximum absolute atomic E-state index is 12.0. The second-order valence-corrected chi connectivity index (χ2v) is 6.40. The number of hydrogen-bond acceptors (Lipinski definition) is 3. The molecule has 0 aliphatic rings. The first-order valence-corrected chi connectivity index (χ1v) is 9.66. The Balaban J connectivity index is 3.92. The second kappa shape index (κ2) is 16.5. The number of unbranched alkanes of at least 4 members (excludes halogenated alkanes) is 5. The van der Waals surface area contributed by atoms with E-state index in [2.05, 4.69) is 26.0 Å². The number of carbonyl (C=O) groups is 2. The molecule has 0 aromatic heterocycles. The Morgan fingerprint density at radius 2 is 1.50 bits per heavy atom. The monoisotopic (exact) mass is 340 g/mol. The summed E-state index contributed by atoms with van der Waals surface area (Å²) < 4.78 is 5.59. The maximum Gasteiger partial charge on any atom is 0.306 e. The van der Waals surface area contributed by atoms with Gasteiger partial charge in [0.25, 0.3) is 0 Å². The van der Waals surface area contributed by atoms with E-state index in [4.69, 9.17) is 9.84 Å². The van der Waals surface area contributed by atoms with Gasteiger partial charge in [0, 0.05) is 12.8 Å².